The van der Waals surface area contributed by atoms with E-state index in [0.717, 1.165) is 0 Å². The summed E-state index contributed by atoms with van der Waals surface area (Å²) in [4.78, 5) is 12.0. The molecule has 0 saturated carbocycles. The van der Waals surface area contributed by atoms with Crippen LogP contribution in [-0.2, 0) is 9.53 Å². The first-order chi connectivity index (χ1) is 8.06. The summed E-state index contributed by atoms with van der Waals surface area (Å²) < 4.78 is 18.5. The van der Waals surface area contributed by atoms with Crippen LogP contribution in [0.4, 0.5) is 4.39 Å². The summed E-state index contributed by atoms with van der Waals surface area (Å²) in [5, 5.41) is -0.112. The molecule has 0 aliphatic carbocycles. The Hall–Kier alpha value is -1.55. The van der Waals surface area contributed by atoms with Gasteiger partial charge in [-0.2, -0.15) is 0 Å². The minimum atomic E-state index is -0.593. The molecule has 5 heteroatoms. The maximum absolute atomic E-state index is 13.3. The van der Waals surface area contributed by atoms with E-state index in [2.05, 4.69) is 0 Å². The van der Waals surface area contributed by atoms with Crippen LogP contribution in [0.3, 0.4) is 0 Å². The fourth-order valence-electron chi connectivity index (χ4n) is 1.78. The molecule has 1 aliphatic heterocycles. The van der Waals surface area contributed by atoms with Gasteiger partial charge in [-0.1, -0.05) is 30.7 Å². The monoisotopic (exact) mass is 255 g/mol. The van der Waals surface area contributed by atoms with Gasteiger partial charge in [0.05, 0.1) is 10.6 Å². The van der Waals surface area contributed by atoms with Crippen LogP contribution in [0.25, 0.3) is 5.57 Å². The highest BCUT2D eigenvalue weighted by atomic mass is 35.5. The summed E-state index contributed by atoms with van der Waals surface area (Å²) in [6.07, 6.45) is -0.0833. The quantitative estimate of drug-likeness (QED) is 0.883. The summed E-state index contributed by atoms with van der Waals surface area (Å²) in [7, 11) is 0. The highest BCUT2D eigenvalue weighted by molar-refractivity contribution is 6.36. The van der Waals surface area contributed by atoms with E-state index in [9.17, 15) is 9.18 Å². The van der Waals surface area contributed by atoms with Gasteiger partial charge in [-0.3, -0.25) is 4.79 Å². The first kappa shape index (κ1) is 11.9. The Kier molecular flexibility index (Phi) is 3.07. The SMILES string of the molecule is CCC1OC(N)=C(c2cccc(F)c2Cl)C1=O. The van der Waals surface area contributed by atoms with Gasteiger partial charge < -0.3 is 10.5 Å². The molecule has 0 aromatic heterocycles. The molecular formula is C12H11ClFNO2. The van der Waals surface area contributed by atoms with Crippen molar-refractivity contribution in [1.82, 2.24) is 0 Å². The Labute approximate surface area is 103 Å². The van der Waals surface area contributed by atoms with Crippen molar-refractivity contribution >= 4 is 23.0 Å². The number of halogens is 2. The smallest absolute Gasteiger partial charge is 0.209 e. The van der Waals surface area contributed by atoms with Crippen molar-refractivity contribution in [3.05, 3.63) is 40.5 Å². The van der Waals surface area contributed by atoms with Gasteiger partial charge in [0.2, 0.25) is 5.78 Å². The minimum absolute atomic E-state index is 0.00866. The Morgan fingerprint density at radius 1 is 1.53 bits per heavy atom. The third-order valence-electron chi connectivity index (χ3n) is 2.65. The molecule has 17 heavy (non-hydrogen) atoms. The average Bonchev–Trinajstić information content (AvgIpc) is 2.58. The van der Waals surface area contributed by atoms with Crippen molar-refractivity contribution < 1.29 is 13.9 Å². The van der Waals surface area contributed by atoms with Crippen LogP contribution in [0.15, 0.2) is 24.1 Å². The highest BCUT2D eigenvalue weighted by Crippen LogP contribution is 2.33. The lowest BCUT2D eigenvalue weighted by Gasteiger charge is -2.05. The summed E-state index contributed by atoms with van der Waals surface area (Å²) in [5.41, 5.74) is 6.09. The van der Waals surface area contributed by atoms with Crippen LogP contribution < -0.4 is 5.73 Å². The fourth-order valence-corrected chi connectivity index (χ4v) is 2.00. The Balaban J connectivity index is 2.51. The molecule has 2 N–H and O–H groups in total. The molecule has 90 valence electrons. The predicted octanol–water partition coefficient (Wildman–Crippen LogP) is 2.48. The van der Waals surface area contributed by atoms with Crippen molar-refractivity contribution in [2.45, 2.75) is 19.4 Å². The molecule has 1 heterocycles. The number of carbonyl (C=O) groups excluding carboxylic acids is 1. The molecular weight excluding hydrogens is 245 g/mol. The van der Waals surface area contributed by atoms with Gasteiger partial charge in [0, 0.05) is 5.56 Å². The number of ether oxygens (including phenoxy) is 1. The molecule has 0 spiro atoms. The fraction of sp³-hybridized carbons (Fsp3) is 0.250. The van der Waals surface area contributed by atoms with E-state index >= 15 is 0 Å². The topological polar surface area (TPSA) is 52.3 Å². The van der Waals surface area contributed by atoms with Gasteiger partial charge >= 0.3 is 0 Å². The third kappa shape index (κ3) is 1.89. The first-order valence-electron chi connectivity index (χ1n) is 5.21. The molecule has 0 radical (unpaired) electrons. The second-order valence-electron chi connectivity index (χ2n) is 3.72. The second kappa shape index (κ2) is 4.37. The van der Waals surface area contributed by atoms with Gasteiger partial charge in [-0.05, 0) is 12.5 Å². The van der Waals surface area contributed by atoms with Crippen molar-refractivity contribution in [3.63, 3.8) is 0 Å². The Bertz CT molecular complexity index is 513. The molecule has 3 nitrogen and oxygen atoms in total. The minimum Gasteiger partial charge on any atom is -0.467 e. The number of hydrogen-bond acceptors (Lipinski definition) is 3. The normalized spacial score (nSPS) is 19.7. The first-order valence-corrected chi connectivity index (χ1v) is 5.59. The second-order valence-corrected chi connectivity index (χ2v) is 4.10. The Morgan fingerprint density at radius 2 is 2.24 bits per heavy atom. The lowest BCUT2D eigenvalue weighted by molar-refractivity contribution is -0.120. The standard InChI is InChI=1S/C12H11ClFNO2/c1-2-8-11(16)9(12(15)17-8)6-4-3-5-7(14)10(6)13/h3-5,8H,2,15H2,1H3. The number of nitrogens with two attached hydrogens (primary N) is 1. The molecule has 1 aliphatic rings. The molecule has 2 rings (SSSR count). The summed E-state index contributed by atoms with van der Waals surface area (Å²) in [6, 6.07) is 4.25. The van der Waals surface area contributed by atoms with E-state index in [-0.39, 0.29) is 27.8 Å². The van der Waals surface area contributed by atoms with Gasteiger partial charge in [0.15, 0.2) is 12.0 Å². The van der Waals surface area contributed by atoms with Crippen molar-refractivity contribution in [2.75, 3.05) is 0 Å². The zero-order valence-electron chi connectivity index (χ0n) is 9.17. The van der Waals surface area contributed by atoms with Gasteiger partial charge in [0.25, 0.3) is 0 Å². The molecule has 0 bridgehead atoms. The number of carbonyl (C=O) groups is 1. The van der Waals surface area contributed by atoms with Crippen LogP contribution in [0.1, 0.15) is 18.9 Å². The molecule has 1 aromatic rings. The molecule has 1 unspecified atom stereocenters. The van der Waals surface area contributed by atoms with Gasteiger partial charge in [-0.25, -0.2) is 4.39 Å². The van der Waals surface area contributed by atoms with Gasteiger partial charge in [-0.15, -0.1) is 0 Å². The van der Waals surface area contributed by atoms with Crippen molar-refractivity contribution in [1.29, 1.82) is 0 Å². The Morgan fingerprint density at radius 3 is 2.82 bits per heavy atom. The van der Waals surface area contributed by atoms with Crippen LogP contribution in [-0.4, -0.2) is 11.9 Å². The van der Waals surface area contributed by atoms with E-state index in [1.165, 1.54) is 12.1 Å². The number of benzene rings is 1. The summed E-state index contributed by atoms with van der Waals surface area (Å²) >= 11 is 5.82. The molecule has 1 atom stereocenters. The molecule has 1 aromatic carbocycles. The van der Waals surface area contributed by atoms with E-state index in [4.69, 9.17) is 22.1 Å². The number of ketones is 1. The van der Waals surface area contributed by atoms with Crippen molar-refractivity contribution in [2.24, 2.45) is 5.73 Å². The lowest BCUT2D eigenvalue weighted by atomic mass is 9.99. The van der Waals surface area contributed by atoms with E-state index in [1.54, 1.807) is 6.07 Å². The largest absolute Gasteiger partial charge is 0.467 e. The van der Waals surface area contributed by atoms with Crippen LogP contribution in [0.2, 0.25) is 5.02 Å². The van der Waals surface area contributed by atoms with Crippen LogP contribution in [0.5, 0.6) is 0 Å². The van der Waals surface area contributed by atoms with E-state index in [1.807, 2.05) is 6.92 Å². The number of Topliss-reactive ketones (excluding diaryl/α,β-unsaturated/α-hetero) is 1. The summed E-state index contributed by atoms with van der Waals surface area (Å²) in [5.74, 6) is -0.830. The predicted molar refractivity (Wildman–Crippen MR) is 62.7 cm³/mol. The van der Waals surface area contributed by atoms with Crippen LogP contribution >= 0.6 is 11.6 Å². The zero-order valence-corrected chi connectivity index (χ0v) is 9.92. The summed E-state index contributed by atoms with van der Waals surface area (Å²) in [6.45, 7) is 1.81. The van der Waals surface area contributed by atoms with E-state index in [0.29, 0.717) is 6.42 Å². The molecule has 0 fully saturated rings. The lowest BCUT2D eigenvalue weighted by Crippen LogP contribution is -2.16. The number of hydrogen-bond donors (Lipinski definition) is 1. The van der Waals surface area contributed by atoms with Crippen LogP contribution in [0, 0.1) is 5.82 Å². The zero-order chi connectivity index (χ0) is 12.6. The maximum atomic E-state index is 13.3. The molecule has 0 amide bonds. The highest BCUT2D eigenvalue weighted by Gasteiger charge is 2.34. The molecule has 0 saturated heterocycles. The van der Waals surface area contributed by atoms with Crippen molar-refractivity contribution in [3.8, 4) is 0 Å². The van der Waals surface area contributed by atoms with E-state index < -0.39 is 11.9 Å². The maximum Gasteiger partial charge on any atom is 0.209 e. The number of rotatable bonds is 2. The average molecular weight is 256 g/mol. The van der Waals surface area contributed by atoms with Gasteiger partial charge in [0.1, 0.15) is 5.82 Å². The third-order valence-corrected chi connectivity index (χ3v) is 3.03.